The minimum absolute atomic E-state index is 0.381. The van der Waals surface area contributed by atoms with Gasteiger partial charge in [0.05, 0.1) is 23.9 Å². The van der Waals surface area contributed by atoms with E-state index in [1.165, 1.54) is 4.70 Å². The van der Waals surface area contributed by atoms with Crippen molar-refractivity contribution in [2.45, 2.75) is 0 Å². The standard InChI is InChI=1S/C17H19N5OS/c1-23-13-8-6-12(7-9-13)21-16(18)19-10-11-20-17-22-14-4-2-3-5-15(14)24-17/h2-9H,10-11H2,1H3,(H,20,22)(H3,18,19,21). The molecule has 3 rings (SSSR count). The molecule has 0 aliphatic rings. The van der Waals surface area contributed by atoms with Crippen LogP contribution in [0.3, 0.4) is 0 Å². The largest absolute Gasteiger partial charge is 0.497 e. The van der Waals surface area contributed by atoms with Gasteiger partial charge in [0.25, 0.3) is 0 Å². The third kappa shape index (κ3) is 4.14. The number of hydrogen-bond donors (Lipinski definition) is 3. The molecule has 1 heterocycles. The minimum Gasteiger partial charge on any atom is -0.497 e. The van der Waals surface area contributed by atoms with E-state index in [0.717, 1.165) is 22.1 Å². The van der Waals surface area contributed by atoms with Gasteiger partial charge in [-0.2, -0.15) is 0 Å². The molecule has 124 valence electrons. The van der Waals surface area contributed by atoms with Crippen LogP contribution in [0, 0.1) is 0 Å². The molecule has 6 nitrogen and oxygen atoms in total. The predicted molar refractivity (Wildman–Crippen MR) is 101 cm³/mol. The lowest BCUT2D eigenvalue weighted by Crippen LogP contribution is -2.23. The van der Waals surface area contributed by atoms with Crippen LogP contribution in [-0.2, 0) is 0 Å². The van der Waals surface area contributed by atoms with Gasteiger partial charge < -0.3 is 21.1 Å². The average Bonchev–Trinajstić information content (AvgIpc) is 3.02. The van der Waals surface area contributed by atoms with E-state index in [1.54, 1.807) is 18.4 Å². The molecule has 0 spiro atoms. The van der Waals surface area contributed by atoms with Crippen LogP contribution in [0.25, 0.3) is 10.2 Å². The molecule has 0 radical (unpaired) electrons. The van der Waals surface area contributed by atoms with Gasteiger partial charge in [-0.15, -0.1) is 0 Å². The molecule has 3 aromatic rings. The highest BCUT2D eigenvalue weighted by molar-refractivity contribution is 7.22. The van der Waals surface area contributed by atoms with E-state index in [2.05, 4.69) is 26.7 Å². The smallest absolute Gasteiger partial charge is 0.193 e. The van der Waals surface area contributed by atoms with Crippen molar-refractivity contribution in [2.24, 2.45) is 10.7 Å². The first kappa shape index (κ1) is 16.1. The lowest BCUT2D eigenvalue weighted by atomic mass is 10.3. The van der Waals surface area contributed by atoms with Gasteiger partial charge in [0, 0.05) is 12.2 Å². The highest BCUT2D eigenvalue weighted by Crippen LogP contribution is 2.24. The lowest BCUT2D eigenvalue weighted by Gasteiger charge is -2.06. The summed E-state index contributed by atoms with van der Waals surface area (Å²) in [5.41, 5.74) is 7.76. The molecule has 2 aromatic carbocycles. The Morgan fingerprint density at radius 2 is 2.00 bits per heavy atom. The summed E-state index contributed by atoms with van der Waals surface area (Å²) in [6, 6.07) is 15.6. The summed E-state index contributed by atoms with van der Waals surface area (Å²) < 4.78 is 6.29. The van der Waals surface area contributed by atoms with Crippen LogP contribution < -0.4 is 21.1 Å². The number of nitrogens with two attached hydrogens (primary N) is 1. The fraction of sp³-hybridized carbons (Fsp3) is 0.176. The quantitative estimate of drug-likeness (QED) is 0.364. The van der Waals surface area contributed by atoms with Crippen molar-refractivity contribution in [3.63, 3.8) is 0 Å². The van der Waals surface area contributed by atoms with Gasteiger partial charge in [-0.05, 0) is 36.4 Å². The number of fused-ring (bicyclic) bond motifs is 1. The van der Waals surface area contributed by atoms with E-state index in [9.17, 15) is 0 Å². The van der Waals surface area contributed by atoms with Crippen molar-refractivity contribution in [1.82, 2.24) is 4.98 Å². The monoisotopic (exact) mass is 341 g/mol. The van der Waals surface area contributed by atoms with Gasteiger partial charge in [0.15, 0.2) is 11.1 Å². The first-order chi connectivity index (χ1) is 11.7. The number of benzene rings is 2. The summed E-state index contributed by atoms with van der Waals surface area (Å²) >= 11 is 1.63. The number of rotatable bonds is 6. The maximum Gasteiger partial charge on any atom is 0.193 e. The average molecular weight is 341 g/mol. The van der Waals surface area contributed by atoms with Crippen molar-refractivity contribution in [2.75, 3.05) is 30.8 Å². The molecule has 0 atom stereocenters. The molecule has 24 heavy (non-hydrogen) atoms. The van der Waals surface area contributed by atoms with Crippen LogP contribution in [0.4, 0.5) is 10.8 Å². The fourth-order valence-corrected chi connectivity index (χ4v) is 3.04. The Morgan fingerprint density at radius 3 is 2.75 bits per heavy atom. The molecule has 1 aromatic heterocycles. The number of methoxy groups -OCH3 is 1. The maximum absolute atomic E-state index is 5.88. The van der Waals surface area contributed by atoms with Gasteiger partial charge in [-0.25, -0.2) is 4.98 Å². The number of guanidine groups is 1. The van der Waals surface area contributed by atoms with Crippen LogP contribution in [0.15, 0.2) is 53.5 Å². The number of aromatic nitrogens is 1. The van der Waals surface area contributed by atoms with Crippen LogP contribution in [0.1, 0.15) is 0 Å². The summed E-state index contributed by atoms with van der Waals surface area (Å²) in [5.74, 6) is 1.18. The Hall–Kier alpha value is -2.80. The minimum atomic E-state index is 0.381. The normalized spacial score (nSPS) is 11.5. The number of ether oxygens (including phenoxy) is 1. The third-order valence-electron chi connectivity index (χ3n) is 3.33. The molecule has 7 heteroatoms. The summed E-state index contributed by atoms with van der Waals surface area (Å²) in [4.78, 5) is 8.81. The highest BCUT2D eigenvalue weighted by atomic mass is 32.1. The van der Waals surface area contributed by atoms with Crippen molar-refractivity contribution >= 4 is 38.3 Å². The van der Waals surface area contributed by atoms with E-state index >= 15 is 0 Å². The Balaban J connectivity index is 1.48. The SMILES string of the molecule is COc1ccc(NC(N)=NCCNc2nc3ccccc3s2)cc1. The van der Waals surface area contributed by atoms with E-state index in [0.29, 0.717) is 19.0 Å². The molecule has 0 saturated carbocycles. The zero-order valence-corrected chi connectivity index (χ0v) is 14.1. The van der Waals surface area contributed by atoms with Crippen molar-refractivity contribution in [3.05, 3.63) is 48.5 Å². The van der Waals surface area contributed by atoms with Gasteiger partial charge in [-0.1, -0.05) is 23.5 Å². The molecule has 0 unspecified atom stereocenters. The fourth-order valence-electron chi connectivity index (χ4n) is 2.15. The van der Waals surface area contributed by atoms with E-state index in [-0.39, 0.29) is 0 Å². The van der Waals surface area contributed by atoms with Crippen LogP contribution >= 0.6 is 11.3 Å². The Bertz CT molecular complexity index is 795. The molecule has 0 aliphatic heterocycles. The molecule has 0 fully saturated rings. The van der Waals surface area contributed by atoms with Gasteiger partial charge in [0.1, 0.15) is 5.75 Å². The van der Waals surface area contributed by atoms with Gasteiger partial charge in [-0.3, -0.25) is 4.99 Å². The van der Waals surface area contributed by atoms with E-state index < -0.39 is 0 Å². The van der Waals surface area contributed by atoms with Crippen molar-refractivity contribution < 1.29 is 4.74 Å². The second-order valence-corrected chi connectivity index (χ2v) is 6.06. The molecular weight excluding hydrogens is 322 g/mol. The van der Waals surface area contributed by atoms with Gasteiger partial charge in [0.2, 0.25) is 0 Å². The first-order valence-corrected chi connectivity index (χ1v) is 8.37. The van der Waals surface area contributed by atoms with Gasteiger partial charge >= 0.3 is 0 Å². The Kier molecular flexibility index (Phi) is 5.12. The highest BCUT2D eigenvalue weighted by Gasteiger charge is 2.01. The second kappa shape index (κ2) is 7.65. The number of para-hydroxylation sites is 1. The van der Waals surface area contributed by atoms with Crippen LogP contribution in [0.5, 0.6) is 5.75 Å². The topological polar surface area (TPSA) is 84.6 Å². The third-order valence-corrected chi connectivity index (χ3v) is 4.32. The van der Waals surface area contributed by atoms with Crippen molar-refractivity contribution in [3.8, 4) is 5.75 Å². The Labute approximate surface area is 144 Å². The van der Waals surface area contributed by atoms with Crippen molar-refractivity contribution in [1.29, 1.82) is 0 Å². The molecule has 0 aliphatic carbocycles. The zero-order chi connectivity index (χ0) is 16.8. The Morgan fingerprint density at radius 1 is 1.21 bits per heavy atom. The summed E-state index contributed by atoms with van der Waals surface area (Å²) in [6.45, 7) is 1.23. The lowest BCUT2D eigenvalue weighted by molar-refractivity contribution is 0.415. The number of thiazole rings is 1. The number of aliphatic imine (C=N–C) groups is 1. The summed E-state index contributed by atoms with van der Waals surface area (Å²) in [6.07, 6.45) is 0. The number of nitrogens with zero attached hydrogens (tertiary/aromatic N) is 2. The summed E-state index contributed by atoms with van der Waals surface area (Å²) in [7, 11) is 1.64. The number of nitrogens with one attached hydrogen (secondary N) is 2. The second-order valence-electron chi connectivity index (χ2n) is 5.03. The molecule has 0 saturated heterocycles. The molecule has 4 N–H and O–H groups in total. The zero-order valence-electron chi connectivity index (χ0n) is 13.3. The van der Waals surface area contributed by atoms with E-state index in [1.807, 2.05) is 42.5 Å². The predicted octanol–water partition coefficient (Wildman–Crippen LogP) is 3.14. The number of anilines is 2. The number of hydrogen-bond acceptors (Lipinski definition) is 5. The molecular formula is C17H19N5OS. The van der Waals surface area contributed by atoms with E-state index in [4.69, 9.17) is 10.5 Å². The first-order valence-electron chi connectivity index (χ1n) is 7.55. The molecule has 0 bridgehead atoms. The summed E-state index contributed by atoms with van der Waals surface area (Å²) in [5, 5.41) is 7.21. The van der Waals surface area contributed by atoms with Crippen LogP contribution in [-0.4, -0.2) is 31.1 Å². The maximum atomic E-state index is 5.88. The van der Waals surface area contributed by atoms with Crippen LogP contribution in [0.2, 0.25) is 0 Å². The molecule has 0 amide bonds.